The van der Waals surface area contributed by atoms with Gasteiger partial charge in [-0.1, -0.05) is 26.7 Å². The lowest BCUT2D eigenvalue weighted by molar-refractivity contribution is -0.143. The first-order chi connectivity index (χ1) is 9.82. The normalized spacial score (nSPS) is 13.1. The predicted octanol–water partition coefficient (Wildman–Crippen LogP) is 2.47. The highest BCUT2D eigenvalue weighted by Gasteiger charge is 2.28. The quantitative estimate of drug-likeness (QED) is 0.390. The second-order valence-electron chi connectivity index (χ2n) is 5.27. The fourth-order valence-electron chi connectivity index (χ4n) is 1.98. The lowest BCUT2D eigenvalue weighted by Gasteiger charge is -2.19. The monoisotopic (exact) mass is 310 g/mol. The summed E-state index contributed by atoms with van der Waals surface area (Å²) in [5, 5.41) is 6.37. The first kappa shape index (κ1) is 20.0. The summed E-state index contributed by atoms with van der Waals surface area (Å²) in [6, 6.07) is 0. The van der Waals surface area contributed by atoms with Gasteiger partial charge in [-0.15, -0.1) is 0 Å². The van der Waals surface area contributed by atoms with Gasteiger partial charge in [0.05, 0.1) is 6.54 Å². The van der Waals surface area contributed by atoms with Gasteiger partial charge in [0.1, 0.15) is 0 Å². The van der Waals surface area contributed by atoms with E-state index in [1.165, 1.54) is 11.9 Å². The molecule has 0 saturated heterocycles. The van der Waals surface area contributed by atoms with Crippen LogP contribution in [0.1, 0.15) is 33.1 Å². The summed E-state index contributed by atoms with van der Waals surface area (Å²) < 4.78 is 36.5. The Morgan fingerprint density at radius 2 is 1.81 bits per heavy atom. The van der Waals surface area contributed by atoms with Crippen molar-refractivity contribution in [3.05, 3.63) is 0 Å². The molecule has 0 aromatic carbocycles. The van der Waals surface area contributed by atoms with Crippen LogP contribution in [0.4, 0.5) is 13.2 Å². The Kier molecular flexibility index (Phi) is 10.2. The van der Waals surface area contributed by atoms with E-state index in [4.69, 9.17) is 0 Å². The topological polar surface area (TPSA) is 39.7 Å². The largest absolute Gasteiger partial charge is 0.401 e. The number of alkyl halides is 3. The number of aliphatic imine (C=N–C) groups is 1. The van der Waals surface area contributed by atoms with Gasteiger partial charge in [-0.05, 0) is 25.9 Å². The van der Waals surface area contributed by atoms with E-state index in [0.717, 1.165) is 19.4 Å². The number of hydrogen-bond donors (Lipinski definition) is 2. The molecule has 0 heterocycles. The average molecular weight is 310 g/mol. The van der Waals surface area contributed by atoms with Crippen LogP contribution in [0.5, 0.6) is 0 Å². The molecule has 0 amide bonds. The average Bonchev–Trinajstić information content (AvgIpc) is 2.40. The molecule has 0 fully saturated rings. The number of nitrogens with zero attached hydrogens (tertiary/aromatic N) is 2. The SMILES string of the molecule is CCC(CC)CNC(=NC)NCCCN(C)CC(F)(F)F. The van der Waals surface area contributed by atoms with Crippen molar-refractivity contribution in [1.29, 1.82) is 0 Å². The van der Waals surface area contributed by atoms with E-state index in [1.54, 1.807) is 7.05 Å². The molecule has 0 rings (SSSR count). The Hall–Kier alpha value is -0.980. The number of rotatable bonds is 9. The van der Waals surface area contributed by atoms with E-state index < -0.39 is 12.7 Å². The lowest BCUT2D eigenvalue weighted by atomic mass is 10.0. The first-order valence-electron chi connectivity index (χ1n) is 7.52. The molecular weight excluding hydrogens is 281 g/mol. The van der Waals surface area contributed by atoms with E-state index in [0.29, 0.717) is 31.4 Å². The Morgan fingerprint density at radius 1 is 1.19 bits per heavy atom. The maximum absolute atomic E-state index is 12.2. The number of hydrogen-bond acceptors (Lipinski definition) is 2. The van der Waals surface area contributed by atoms with Crippen molar-refractivity contribution < 1.29 is 13.2 Å². The zero-order chi connectivity index (χ0) is 16.3. The van der Waals surface area contributed by atoms with Crippen LogP contribution < -0.4 is 10.6 Å². The second-order valence-corrected chi connectivity index (χ2v) is 5.27. The number of halogens is 3. The molecule has 0 spiro atoms. The zero-order valence-corrected chi connectivity index (χ0v) is 13.6. The van der Waals surface area contributed by atoms with Crippen molar-refractivity contribution in [2.24, 2.45) is 10.9 Å². The number of nitrogens with one attached hydrogen (secondary N) is 2. The van der Waals surface area contributed by atoms with E-state index in [2.05, 4.69) is 29.5 Å². The number of guanidine groups is 1. The van der Waals surface area contributed by atoms with Crippen molar-refractivity contribution >= 4 is 5.96 Å². The van der Waals surface area contributed by atoms with E-state index in [-0.39, 0.29) is 0 Å². The van der Waals surface area contributed by atoms with Gasteiger partial charge in [0, 0.05) is 20.1 Å². The fourth-order valence-corrected chi connectivity index (χ4v) is 1.98. The third-order valence-electron chi connectivity index (χ3n) is 3.39. The summed E-state index contributed by atoms with van der Waals surface area (Å²) in [6.07, 6.45) is -1.27. The molecule has 4 nitrogen and oxygen atoms in total. The molecule has 21 heavy (non-hydrogen) atoms. The van der Waals surface area contributed by atoms with Crippen LogP contribution >= 0.6 is 0 Å². The van der Waals surface area contributed by atoms with Crippen LogP contribution in [0, 0.1) is 5.92 Å². The zero-order valence-electron chi connectivity index (χ0n) is 13.6. The highest BCUT2D eigenvalue weighted by atomic mass is 19.4. The Labute approximate surface area is 126 Å². The highest BCUT2D eigenvalue weighted by Crippen LogP contribution is 2.15. The van der Waals surface area contributed by atoms with Crippen LogP contribution in [0.15, 0.2) is 4.99 Å². The maximum Gasteiger partial charge on any atom is 0.401 e. The van der Waals surface area contributed by atoms with E-state index in [9.17, 15) is 13.2 Å². The Morgan fingerprint density at radius 3 is 2.29 bits per heavy atom. The summed E-state index contributed by atoms with van der Waals surface area (Å²) in [4.78, 5) is 5.39. The minimum absolute atomic E-state index is 0.399. The van der Waals surface area contributed by atoms with Crippen molar-refractivity contribution in [1.82, 2.24) is 15.5 Å². The molecule has 2 N–H and O–H groups in total. The standard InChI is InChI=1S/C14H29F3N4/c1-5-12(6-2)10-20-13(18-3)19-8-7-9-21(4)11-14(15,16)17/h12H,5-11H2,1-4H3,(H2,18,19,20). The summed E-state index contributed by atoms with van der Waals surface area (Å²) >= 11 is 0. The van der Waals surface area contributed by atoms with Gasteiger partial charge in [-0.3, -0.25) is 9.89 Å². The van der Waals surface area contributed by atoms with Crippen molar-refractivity contribution in [2.45, 2.75) is 39.3 Å². The molecule has 0 aliphatic heterocycles. The van der Waals surface area contributed by atoms with Crippen molar-refractivity contribution in [2.75, 3.05) is 40.3 Å². The molecule has 0 atom stereocenters. The molecule has 0 aromatic rings. The maximum atomic E-state index is 12.2. The van der Waals surface area contributed by atoms with Gasteiger partial charge in [0.2, 0.25) is 0 Å². The second kappa shape index (κ2) is 10.7. The van der Waals surface area contributed by atoms with Crippen LogP contribution in [0.25, 0.3) is 0 Å². The van der Waals surface area contributed by atoms with E-state index in [1.807, 2.05) is 0 Å². The molecule has 0 unspecified atom stereocenters. The smallest absolute Gasteiger partial charge is 0.356 e. The third kappa shape index (κ3) is 11.4. The van der Waals surface area contributed by atoms with Gasteiger partial charge >= 0.3 is 6.18 Å². The molecule has 0 radical (unpaired) electrons. The summed E-state index contributed by atoms with van der Waals surface area (Å²) in [6.45, 7) is 5.31. The Bertz CT molecular complexity index is 288. The van der Waals surface area contributed by atoms with Crippen LogP contribution in [-0.2, 0) is 0 Å². The van der Waals surface area contributed by atoms with E-state index >= 15 is 0 Å². The van der Waals surface area contributed by atoms with Gasteiger partial charge in [0.15, 0.2) is 5.96 Å². The molecule has 7 heteroatoms. The molecule has 0 aliphatic carbocycles. The molecule has 126 valence electrons. The molecule has 0 saturated carbocycles. The van der Waals surface area contributed by atoms with Crippen LogP contribution in [0.2, 0.25) is 0 Å². The predicted molar refractivity (Wildman–Crippen MR) is 81.6 cm³/mol. The summed E-state index contributed by atoms with van der Waals surface area (Å²) in [5.41, 5.74) is 0. The molecular formula is C14H29F3N4. The van der Waals surface area contributed by atoms with Crippen LogP contribution in [0.3, 0.4) is 0 Å². The summed E-state index contributed by atoms with van der Waals surface area (Å²) in [5.74, 6) is 1.32. The highest BCUT2D eigenvalue weighted by molar-refractivity contribution is 5.79. The van der Waals surface area contributed by atoms with Crippen molar-refractivity contribution in [3.63, 3.8) is 0 Å². The van der Waals surface area contributed by atoms with Gasteiger partial charge in [-0.25, -0.2) is 0 Å². The van der Waals surface area contributed by atoms with Gasteiger partial charge in [0.25, 0.3) is 0 Å². The fraction of sp³-hybridized carbons (Fsp3) is 0.929. The van der Waals surface area contributed by atoms with Gasteiger partial charge in [-0.2, -0.15) is 13.2 Å². The summed E-state index contributed by atoms with van der Waals surface area (Å²) in [7, 11) is 3.17. The molecule has 0 aliphatic rings. The molecule has 0 bridgehead atoms. The van der Waals surface area contributed by atoms with Gasteiger partial charge < -0.3 is 10.6 Å². The van der Waals surface area contributed by atoms with Crippen molar-refractivity contribution in [3.8, 4) is 0 Å². The van der Waals surface area contributed by atoms with Crippen LogP contribution in [-0.4, -0.2) is 57.3 Å². The minimum atomic E-state index is -4.13. The lowest BCUT2D eigenvalue weighted by Crippen LogP contribution is -2.41. The third-order valence-corrected chi connectivity index (χ3v) is 3.39. The minimum Gasteiger partial charge on any atom is -0.356 e. The molecule has 0 aromatic heterocycles. The first-order valence-corrected chi connectivity index (χ1v) is 7.52. The Balaban J connectivity index is 3.83.